The molecular weight excluding hydrogens is 495 g/mol. The van der Waals surface area contributed by atoms with Crippen LogP contribution in [0.4, 0.5) is 23.7 Å². The molecule has 9 nitrogen and oxygen atoms in total. The molecule has 0 unspecified atom stereocenters. The minimum Gasteiger partial charge on any atom is -0.467 e. The summed E-state index contributed by atoms with van der Waals surface area (Å²) in [4.78, 5) is 38.9. The van der Waals surface area contributed by atoms with Crippen molar-refractivity contribution < 1.29 is 41.8 Å². The Bertz CT molecular complexity index is 1230. The zero-order valence-corrected chi connectivity index (χ0v) is 19.0. The molecule has 0 aromatic heterocycles. The third-order valence-corrected chi connectivity index (χ3v) is 5.60. The number of hydrogen-bond donors (Lipinski definition) is 0. The number of carbonyl (C=O) groups excluding carboxylic acids is 3. The smallest absolute Gasteiger partial charge is 0.467 e. The Morgan fingerprint density at radius 1 is 1.17 bits per heavy atom. The molecule has 2 aromatic carbocycles. The molecule has 3 amide bonds. The molecule has 1 heterocycles. The van der Waals surface area contributed by atoms with Gasteiger partial charge in [0.25, 0.3) is 0 Å². The van der Waals surface area contributed by atoms with Gasteiger partial charge in [-0.2, -0.15) is 10.1 Å². The first-order valence-corrected chi connectivity index (χ1v) is 10.4. The van der Waals surface area contributed by atoms with Crippen LogP contribution in [-0.2, 0) is 25.5 Å². The standard InChI is InChI=1S/C22H17ClF3N3O6/c1-12(30)29(15-4-6-16(7-5-15)35-22(24,25)26)20(32)28-11-34-21(19(31)33-2)10-13-9-14(23)3-8-17(13)18(21)27-28/h3-9H,10-11H2,1-2H3/t21-/m1/s1. The van der Waals surface area contributed by atoms with E-state index in [4.69, 9.17) is 21.1 Å². The summed E-state index contributed by atoms with van der Waals surface area (Å²) in [6.07, 6.45) is -4.82. The van der Waals surface area contributed by atoms with E-state index in [0.717, 1.165) is 36.2 Å². The molecule has 184 valence electrons. The molecule has 4 rings (SSSR count). The van der Waals surface area contributed by atoms with Crippen molar-refractivity contribution in [1.82, 2.24) is 5.01 Å². The molecule has 1 aliphatic carbocycles. The lowest BCUT2D eigenvalue weighted by atomic mass is 9.97. The van der Waals surface area contributed by atoms with Crippen LogP contribution in [0.1, 0.15) is 18.1 Å². The van der Waals surface area contributed by atoms with Crippen molar-refractivity contribution in [2.75, 3.05) is 18.7 Å². The van der Waals surface area contributed by atoms with Gasteiger partial charge >= 0.3 is 18.4 Å². The van der Waals surface area contributed by atoms with Gasteiger partial charge in [-0.3, -0.25) is 4.79 Å². The number of hydrogen-bond acceptors (Lipinski definition) is 7. The molecule has 2 aliphatic rings. The number of benzene rings is 2. The minimum absolute atomic E-state index is 0.0272. The second kappa shape index (κ2) is 8.86. The van der Waals surface area contributed by atoms with Crippen molar-refractivity contribution in [3.63, 3.8) is 0 Å². The maximum absolute atomic E-state index is 13.2. The van der Waals surface area contributed by atoms with E-state index in [0.29, 0.717) is 21.0 Å². The van der Waals surface area contributed by atoms with Gasteiger partial charge in [0, 0.05) is 23.9 Å². The van der Waals surface area contributed by atoms with E-state index < -0.39 is 42.4 Å². The van der Waals surface area contributed by atoms with Crippen LogP contribution in [0.3, 0.4) is 0 Å². The Balaban J connectivity index is 1.69. The highest BCUT2D eigenvalue weighted by molar-refractivity contribution is 6.31. The Kier molecular flexibility index (Phi) is 6.20. The average molecular weight is 512 g/mol. The van der Waals surface area contributed by atoms with Crippen LogP contribution >= 0.6 is 11.6 Å². The van der Waals surface area contributed by atoms with Crippen LogP contribution in [0, 0.1) is 0 Å². The number of ether oxygens (including phenoxy) is 3. The summed E-state index contributed by atoms with van der Waals surface area (Å²) in [6.45, 7) is 0.597. The highest BCUT2D eigenvalue weighted by atomic mass is 35.5. The number of fused-ring (bicyclic) bond motifs is 3. The van der Waals surface area contributed by atoms with Crippen LogP contribution in [0.15, 0.2) is 47.6 Å². The maximum Gasteiger partial charge on any atom is 0.573 e. The van der Waals surface area contributed by atoms with E-state index in [9.17, 15) is 27.6 Å². The van der Waals surface area contributed by atoms with Gasteiger partial charge in [0.2, 0.25) is 11.5 Å². The number of urea groups is 1. The van der Waals surface area contributed by atoms with Gasteiger partial charge in [0.05, 0.1) is 12.8 Å². The summed E-state index contributed by atoms with van der Waals surface area (Å²) < 4.78 is 51.8. The topological polar surface area (TPSA) is 97.7 Å². The number of hydrazone groups is 1. The lowest BCUT2D eigenvalue weighted by Crippen LogP contribution is -2.56. The monoisotopic (exact) mass is 511 g/mol. The first kappa shape index (κ1) is 24.5. The van der Waals surface area contributed by atoms with Crippen molar-refractivity contribution in [3.8, 4) is 5.75 Å². The van der Waals surface area contributed by atoms with Gasteiger partial charge in [0.1, 0.15) is 18.2 Å². The van der Waals surface area contributed by atoms with Gasteiger partial charge in [-0.1, -0.05) is 17.7 Å². The van der Waals surface area contributed by atoms with Crippen molar-refractivity contribution >= 4 is 40.9 Å². The van der Waals surface area contributed by atoms with E-state index in [-0.39, 0.29) is 17.8 Å². The summed E-state index contributed by atoms with van der Waals surface area (Å²) >= 11 is 6.07. The number of anilines is 1. The zero-order valence-electron chi connectivity index (χ0n) is 18.3. The number of amides is 3. The van der Waals surface area contributed by atoms with Gasteiger partial charge in [0.15, 0.2) is 0 Å². The SMILES string of the molecule is COC(=O)[C@@]12Cc3cc(Cl)ccc3C1=NN(C(=O)N(C(C)=O)c1ccc(OC(F)(F)F)cc1)CO2. The highest BCUT2D eigenvalue weighted by Gasteiger charge is 2.55. The Labute approximate surface area is 201 Å². The van der Waals surface area contributed by atoms with Crippen molar-refractivity contribution in [3.05, 3.63) is 58.6 Å². The second-order valence-corrected chi connectivity index (χ2v) is 8.03. The third kappa shape index (κ3) is 4.54. The fourth-order valence-electron chi connectivity index (χ4n) is 3.91. The molecule has 0 N–H and O–H groups in total. The summed E-state index contributed by atoms with van der Waals surface area (Å²) in [5, 5.41) is 5.58. The molecular formula is C22H17ClF3N3O6. The quantitative estimate of drug-likeness (QED) is 0.580. The second-order valence-electron chi connectivity index (χ2n) is 7.60. The van der Waals surface area contributed by atoms with Gasteiger partial charge in [-0.25, -0.2) is 14.5 Å². The Morgan fingerprint density at radius 2 is 1.86 bits per heavy atom. The molecule has 35 heavy (non-hydrogen) atoms. The van der Waals surface area contributed by atoms with Gasteiger partial charge in [-0.15, -0.1) is 13.2 Å². The van der Waals surface area contributed by atoms with Crippen LogP contribution in [-0.4, -0.2) is 54.4 Å². The summed E-state index contributed by atoms with van der Waals surface area (Å²) in [6, 6.07) is 8.06. The van der Waals surface area contributed by atoms with Crippen molar-refractivity contribution in [2.45, 2.75) is 25.3 Å². The minimum atomic E-state index is -4.90. The molecule has 0 saturated heterocycles. The van der Waals surface area contributed by atoms with E-state index in [1.807, 2.05) is 0 Å². The molecule has 13 heteroatoms. The Hall–Kier alpha value is -3.64. The summed E-state index contributed by atoms with van der Waals surface area (Å²) in [5.41, 5.74) is -0.357. The number of alkyl halides is 3. The number of nitrogens with zero attached hydrogens (tertiary/aromatic N) is 3. The number of halogens is 4. The summed E-state index contributed by atoms with van der Waals surface area (Å²) in [5.74, 6) is -1.98. The van der Waals surface area contributed by atoms with Crippen molar-refractivity contribution in [2.24, 2.45) is 5.10 Å². The molecule has 1 aliphatic heterocycles. The summed E-state index contributed by atoms with van der Waals surface area (Å²) in [7, 11) is 1.19. The molecule has 0 saturated carbocycles. The number of imide groups is 1. The number of rotatable bonds is 3. The number of methoxy groups -OCH3 is 1. The predicted octanol–water partition coefficient (Wildman–Crippen LogP) is 3.87. The van der Waals surface area contributed by atoms with E-state index >= 15 is 0 Å². The lowest BCUT2D eigenvalue weighted by molar-refractivity contribution is -0.274. The van der Waals surface area contributed by atoms with Crippen LogP contribution in [0.5, 0.6) is 5.75 Å². The first-order chi connectivity index (χ1) is 16.4. The lowest BCUT2D eigenvalue weighted by Gasteiger charge is -2.35. The molecule has 0 spiro atoms. The predicted molar refractivity (Wildman–Crippen MR) is 116 cm³/mol. The fraction of sp³-hybridized carbons (Fsp3) is 0.273. The molecule has 2 aromatic rings. The van der Waals surface area contributed by atoms with Crippen LogP contribution in [0.2, 0.25) is 5.02 Å². The van der Waals surface area contributed by atoms with Gasteiger partial charge < -0.3 is 14.2 Å². The molecule has 0 radical (unpaired) electrons. The molecule has 0 bridgehead atoms. The van der Waals surface area contributed by atoms with Crippen LogP contribution < -0.4 is 9.64 Å². The third-order valence-electron chi connectivity index (χ3n) is 5.37. The number of carbonyl (C=O) groups is 3. The largest absolute Gasteiger partial charge is 0.573 e. The van der Waals surface area contributed by atoms with E-state index in [2.05, 4.69) is 9.84 Å². The van der Waals surface area contributed by atoms with Crippen LogP contribution in [0.25, 0.3) is 0 Å². The molecule has 0 fully saturated rings. The fourth-order valence-corrected chi connectivity index (χ4v) is 4.11. The Morgan fingerprint density at radius 3 is 2.46 bits per heavy atom. The first-order valence-electron chi connectivity index (χ1n) is 10.0. The van der Waals surface area contributed by atoms with Crippen molar-refractivity contribution in [1.29, 1.82) is 0 Å². The van der Waals surface area contributed by atoms with E-state index in [1.165, 1.54) is 7.11 Å². The average Bonchev–Trinajstić information content (AvgIpc) is 3.12. The normalized spacial score (nSPS) is 18.8. The highest BCUT2D eigenvalue weighted by Crippen LogP contribution is 2.39. The van der Waals surface area contributed by atoms with Gasteiger partial charge in [-0.05, 0) is 42.0 Å². The van der Waals surface area contributed by atoms with E-state index in [1.54, 1.807) is 18.2 Å². The molecule has 1 atom stereocenters. The zero-order chi connectivity index (χ0) is 25.5. The number of esters is 1. The maximum atomic E-state index is 13.2.